The van der Waals surface area contributed by atoms with Crippen molar-refractivity contribution in [2.75, 3.05) is 19.1 Å². The van der Waals surface area contributed by atoms with E-state index in [1.54, 1.807) is 26.6 Å². The van der Waals surface area contributed by atoms with Gasteiger partial charge in [0.1, 0.15) is 28.6 Å². The molecule has 0 aliphatic carbocycles. The highest BCUT2D eigenvalue weighted by Crippen LogP contribution is 2.51. The maximum Gasteiger partial charge on any atom is 0.167 e. The first-order valence-corrected chi connectivity index (χ1v) is 8.07. The Morgan fingerprint density at radius 3 is 1.77 bits per heavy atom. The van der Waals surface area contributed by atoms with Crippen LogP contribution in [0, 0.1) is 6.92 Å². The van der Waals surface area contributed by atoms with Gasteiger partial charge < -0.3 is 9.47 Å². The molecule has 0 saturated heterocycles. The van der Waals surface area contributed by atoms with Crippen molar-refractivity contribution in [3.63, 3.8) is 0 Å². The van der Waals surface area contributed by atoms with Crippen LogP contribution in [-0.4, -0.2) is 24.2 Å². The average molecular weight is 347 g/mol. The van der Waals surface area contributed by atoms with Crippen molar-refractivity contribution in [1.29, 1.82) is 0 Å². The number of aryl methyl sites for hydroxylation is 1. The van der Waals surface area contributed by atoms with Crippen LogP contribution in [0.3, 0.4) is 0 Å². The van der Waals surface area contributed by atoms with Gasteiger partial charge >= 0.3 is 0 Å². The van der Waals surface area contributed by atoms with Crippen LogP contribution < -0.4 is 14.4 Å². The molecule has 0 radical (unpaired) electrons. The summed E-state index contributed by atoms with van der Waals surface area (Å²) in [7, 11) is 3.26. The second-order valence-corrected chi connectivity index (χ2v) is 5.75. The highest BCUT2D eigenvalue weighted by atomic mass is 16.5. The van der Waals surface area contributed by atoms with E-state index in [-0.39, 0.29) is 0 Å². The second-order valence-electron chi connectivity index (χ2n) is 5.75. The summed E-state index contributed by atoms with van der Waals surface area (Å²) in [6, 6.07) is 11.3. The normalized spacial score (nSPS) is 12.2. The Labute approximate surface area is 151 Å². The highest BCUT2D eigenvalue weighted by Gasteiger charge is 2.29. The van der Waals surface area contributed by atoms with Crippen LogP contribution in [0.4, 0.5) is 28.7 Å². The first-order valence-electron chi connectivity index (χ1n) is 8.07. The van der Waals surface area contributed by atoms with Crippen LogP contribution in [0.15, 0.2) is 59.0 Å². The number of pyridine rings is 2. The van der Waals surface area contributed by atoms with Crippen LogP contribution in [0.2, 0.25) is 0 Å². The number of hydrogen-bond acceptors (Lipinski definition) is 7. The zero-order valence-corrected chi connectivity index (χ0v) is 14.7. The quantitative estimate of drug-likeness (QED) is 0.521. The summed E-state index contributed by atoms with van der Waals surface area (Å²) >= 11 is 0. The molecular formula is C19H17N5O2. The fourth-order valence-electron chi connectivity index (χ4n) is 2.94. The summed E-state index contributed by atoms with van der Waals surface area (Å²) in [4.78, 5) is 10.9. The number of methoxy groups -OCH3 is 2. The Bertz CT molecular complexity index is 928. The second kappa shape index (κ2) is 6.44. The lowest BCUT2D eigenvalue weighted by molar-refractivity contribution is 0.396. The van der Waals surface area contributed by atoms with Gasteiger partial charge in [0.25, 0.3) is 0 Å². The van der Waals surface area contributed by atoms with Crippen LogP contribution >= 0.6 is 0 Å². The molecule has 1 aliphatic heterocycles. The molecule has 0 bridgehead atoms. The maximum absolute atomic E-state index is 5.65. The molecular weight excluding hydrogens is 330 g/mol. The minimum absolute atomic E-state index is 0.606. The van der Waals surface area contributed by atoms with Crippen LogP contribution in [-0.2, 0) is 0 Å². The Morgan fingerprint density at radius 1 is 0.808 bits per heavy atom. The van der Waals surface area contributed by atoms with Gasteiger partial charge in [-0.2, -0.15) is 0 Å². The Balaban J connectivity index is 2.08. The molecule has 7 heteroatoms. The fourth-order valence-corrected chi connectivity index (χ4v) is 2.94. The van der Waals surface area contributed by atoms with Gasteiger partial charge in [-0.05, 0) is 48.9 Å². The molecule has 1 aromatic carbocycles. The minimum Gasteiger partial charge on any atom is -0.494 e. The molecule has 4 rings (SSSR count). The van der Waals surface area contributed by atoms with E-state index in [1.807, 2.05) is 48.2 Å². The van der Waals surface area contributed by atoms with E-state index in [9.17, 15) is 0 Å². The molecule has 0 N–H and O–H groups in total. The number of anilines is 3. The molecule has 2 aromatic heterocycles. The largest absolute Gasteiger partial charge is 0.494 e. The smallest absolute Gasteiger partial charge is 0.167 e. The molecule has 0 amide bonds. The van der Waals surface area contributed by atoms with Crippen molar-refractivity contribution in [2.24, 2.45) is 10.2 Å². The number of aromatic nitrogens is 2. The third-order valence-electron chi connectivity index (χ3n) is 4.07. The number of fused-ring (bicyclic) bond motifs is 2. The summed E-state index contributed by atoms with van der Waals surface area (Å²) in [5.41, 5.74) is 2.99. The SMILES string of the molecule is COc1cc(C)cc(OC)c1N1c2ncccc2N=Nc2cccnc21. The molecule has 3 heterocycles. The van der Waals surface area contributed by atoms with Gasteiger partial charge in [-0.15, -0.1) is 10.2 Å². The molecule has 7 nitrogen and oxygen atoms in total. The number of ether oxygens (including phenoxy) is 2. The molecule has 0 spiro atoms. The standard InChI is InChI=1S/C19H17N5O2/c1-12-10-15(25-2)17(16(11-12)26-3)24-18-13(6-4-8-20-18)22-23-14-7-5-9-21-19(14)24/h4-11H,1-3H3. The van der Waals surface area contributed by atoms with Crippen molar-refractivity contribution in [1.82, 2.24) is 9.97 Å². The monoisotopic (exact) mass is 347 g/mol. The van der Waals surface area contributed by atoms with Gasteiger partial charge in [0, 0.05) is 12.4 Å². The van der Waals surface area contributed by atoms with Crippen LogP contribution in [0.1, 0.15) is 5.56 Å². The molecule has 0 fully saturated rings. The van der Waals surface area contributed by atoms with E-state index < -0.39 is 0 Å². The van der Waals surface area contributed by atoms with Gasteiger partial charge in [-0.25, -0.2) is 9.97 Å². The molecule has 26 heavy (non-hydrogen) atoms. The van der Waals surface area contributed by atoms with Crippen molar-refractivity contribution >= 4 is 28.7 Å². The van der Waals surface area contributed by atoms with E-state index in [0.717, 1.165) is 5.56 Å². The zero-order valence-electron chi connectivity index (χ0n) is 14.7. The summed E-state index contributed by atoms with van der Waals surface area (Å²) in [5.74, 6) is 2.51. The van der Waals surface area contributed by atoms with E-state index in [2.05, 4.69) is 20.2 Å². The van der Waals surface area contributed by atoms with Crippen molar-refractivity contribution < 1.29 is 9.47 Å². The molecule has 3 aromatic rings. The summed E-state index contributed by atoms with van der Waals surface area (Å²) in [6.45, 7) is 1.99. The fraction of sp³-hybridized carbons (Fsp3) is 0.158. The summed E-state index contributed by atoms with van der Waals surface area (Å²) in [6.07, 6.45) is 3.42. The third-order valence-corrected chi connectivity index (χ3v) is 4.07. The molecule has 130 valence electrons. The lowest BCUT2D eigenvalue weighted by Crippen LogP contribution is -2.15. The summed E-state index contributed by atoms with van der Waals surface area (Å²) in [5, 5.41) is 8.66. The Morgan fingerprint density at radius 2 is 1.31 bits per heavy atom. The number of nitrogens with zero attached hydrogens (tertiary/aromatic N) is 5. The van der Waals surface area contributed by atoms with Crippen LogP contribution in [0.5, 0.6) is 11.5 Å². The van der Waals surface area contributed by atoms with Crippen LogP contribution in [0.25, 0.3) is 0 Å². The average Bonchev–Trinajstić information content (AvgIpc) is 2.84. The minimum atomic E-state index is 0.606. The zero-order chi connectivity index (χ0) is 18.1. The Hall–Kier alpha value is -3.48. The van der Waals surface area contributed by atoms with E-state index in [4.69, 9.17) is 9.47 Å². The predicted molar refractivity (Wildman–Crippen MR) is 98.7 cm³/mol. The van der Waals surface area contributed by atoms with Gasteiger partial charge in [0.2, 0.25) is 0 Å². The summed E-state index contributed by atoms with van der Waals surface area (Å²) < 4.78 is 11.3. The Kier molecular flexibility index (Phi) is 3.96. The lowest BCUT2D eigenvalue weighted by atomic mass is 10.1. The molecule has 1 aliphatic rings. The van der Waals surface area contributed by atoms with E-state index in [1.165, 1.54) is 0 Å². The number of azo groups is 1. The van der Waals surface area contributed by atoms with E-state index >= 15 is 0 Å². The molecule has 0 saturated carbocycles. The van der Waals surface area contributed by atoms with Gasteiger partial charge in [0.15, 0.2) is 11.6 Å². The molecule has 0 unspecified atom stereocenters. The maximum atomic E-state index is 5.65. The number of hydrogen-bond donors (Lipinski definition) is 0. The molecule has 0 atom stereocenters. The van der Waals surface area contributed by atoms with Gasteiger partial charge in [0.05, 0.1) is 14.2 Å². The van der Waals surface area contributed by atoms with Gasteiger partial charge in [-0.1, -0.05) is 0 Å². The number of benzene rings is 1. The van der Waals surface area contributed by atoms with E-state index in [0.29, 0.717) is 40.2 Å². The first kappa shape index (κ1) is 16.0. The van der Waals surface area contributed by atoms with Crippen molar-refractivity contribution in [3.8, 4) is 11.5 Å². The van der Waals surface area contributed by atoms with Crippen molar-refractivity contribution in [3.05, 3.63) is 54.4 Å². The topological polar surface area (TPSA) is 72.2 Å². The predicted octanol–water partition coefficient (Wildman–Crippen LogP) is 5.00. The van der Waals surface area contributed by atoms with Crippen molar-refractivity contribution in [2.45, 2.75) is 6.92 Å². The highest BCUT2D eigenvalue weighted by molar-refractivity contribution is 5.89. The lowest BCUT2D eigenvalue weighted by Gasteiger charge is -2.26. The third kappa shape index (κ3) is 2.54. The first-order chi connectivity index (χ1) is 12.7. The number of rotatable bonds is 3. The van der Waals surface area contributed by atoms with Gasteiger partial charge in [-0.3, -0.25) is 4.90 Å².